The average molecular weight is 783 g/mol. The fraction of sp³-hybridized carbons (Fsp3) is 0.0938. The van der Waals surface area contributed by atoms with Gasteiger partial charge < -0.3 is 9.47 Å². The van der Waals surface area contributed by atoms with E-state index in [4.69, 9.17) is 14.5 Å². The zero-order valence-electron chi connectivity index (χ0n) is 21.9. The summed E-state index contributed by atoms with van der Waals surface area (Å²) in [4.78, 5) is 20.9. The van der Waals surface area contributed by atoms with Gasteiger partial charge in [0.1, 0.15) is 18.1 Å². The maximum absolute atomic E-state index is 13.8. The third-order valence-electron chi connectivity index (χ3n) is 6.20. The number of ether oxygens (including phenoxy) is 2. The van der Waals surface area contributed by atoms with Crippen molar-refractivity contribution in [3.63, 3.8) is 0 Å². The van der Waals surface area contributed by atoms with Crippen LogP contribution in [0.5, 0.6) is 11.5 Å². The zero-order valence-corrected chi connectivity index (χ0v) is 27.0. The van der Waals surface area contributed by atoms with Gasteiger partial charge in [0.15, 0.2) is 5.17 Å². The first-order valence-electron chi connectivity index (χ1n) is 12.5. The van der Waals surface area contributed by atoms with Crippen molar-refractivity contribution in [3.8, 4) is 17.6 Å². The summed E-state index contributed by atoms with van der Waals surface area (Å²) in [7, 11) is 1.63. The standard InChI is InChI=1S/C32H23I2N3O3S/c1-39-27-13-11-21(12-14-27)19-37-31(38)29(41-32(37)36-26-9-3-2-4-10-26)16-24-15-25(33)17-28(34)30(24)40-20-23-8-6-5-7-22(23)18-35/h2-17H,19-20H2,1H3/b29-16-,36-32?. The number of rotatable bonds is 8. The van der Waals surface area contributed by atoms with E-state index in [2.05, 4.69) is 51.3 Å². The van der Waals surface area contributed by atoms with Gasteiger partial charge in [0, 0.05) is 14.7 Å². The zero-order chi connectivity index (χ0) is 28.8. The number of amidine groups is 1. The van der Waals surface area contributed by atoms with Crippen LogP contribution in [0.3, 0.4) is 0 Å². The molecule has 0 aromatic heterocycles. The number of hydrogen-bond donors (Lipinski definition) is 0. The van der Waals surface area contributed by atoms with Gasteiger partial charge in [-0.3, -0.25) is 9.69 Å². The van der Waals surface area contributed by atoms with Crippen LogP contribution in [0.25, 0.3) is 6.08 Å². The lowest BCUT2D eigenvalue weighted by molar-refractivity contribution is -0.122. The summed E-state index contributed by atoms with van der Waals surface area (Å²) in [5.41, 5.74) is 3.90. The van der Waals surface area contributed by atoms with E-state index in [1.165, 1.54) is 11.8 Å². The molecule has 0 aliphatic carbocycles. The molecule has 9 heteroatoms. The number of nitrogens with zero attached hydrogens (tertiary/aromatic N) is 3. The molecule has 0 spiro atoms. The minimum Gasteiger partial charge on any atom is -0.497 e. The summed E-state index contributed by atoms with van der Waals surface area (Å²) in [6.45, 7) is 0.610. The Hall–Kier alpha value is -3.34. The van der Waals surface area contributed by atoms with E-state index in [0.717, 1.165) is 35.3 Å². The number of amides is 1. The predicted octanol–water partition coefficient (Wildman–Crippen LogP) is 8.16. The number of carbonyl (C=O) groups is 1. The molecule has 1 aliphatic heterocycles. The van der Waals surface area contributed by atoms with E-state index in [1.807, 2.05) is 91.0 Å². The van der Waals surface area contributed by atoms with Gasteiger partial charge in [0.25, 0.3) is 5.91 Å². The molecule has 6 nitrogen and oxygen atoms in total. The van der Waals surface area contributed by atoms with Crippen LogP contribution in [-0.4, -0.2) is 23.1 Å². The lowest BCUT2D eigenvalue weighted by atomic mass is 10.1. The third-order valence-corrected chi connectivity index (χ3v) is 8.63. The summed E-state index contributed by atoms with van der Waals surface area (Å²) in [6.07, 6.45) is 1.87. The summed E-state index contributed by atoms with van der Waals surface area (Å²) < 4.78 is 13.5. The molecule has 0 radical (unpaired) electrons. The summed E-state index contributed by atoms with van der Waals surface area (Å²) in [6, 6.07) is 30.9. The van der Waals surface area contributed by atoms with Crippen molar-refractivity contribution in [3.05, 3.63) is 125 Å². The van der Waals surface area contributed by atoms with Gasteiger partial charge in [-0.25, -0.2) is 4.99 Å². The van der Waals surface area contributed by atoms with Gasteiger partial charge in [0.05, 0.1) is 39.4 Å². The van der Waals surface area contributed by atoms with Crippen LogP contribution in [0, 0.1) is 18.5 Å². The van der Waals surface area contributed by atoms with Crippen LogP contribution >= 0.6 is 56.9 Å². The molecule has 0 bridgehead atoms. The van der Waals surface area contributed by atoms with Crippen LogP contribution in [0.4, 0.5) is 5.69 Å². The van der Waals surface area contributed by atoms with Crippen molar-refractivity contribution in [2.75, 3.05) is 7.11 Å². The maximum Gasteiger partial charge on any atom is 0.267 e. The number of methoxy groups -OCH3 is 1. The Balaban J connectivity index is 1.50. The molecule has 1 aliphatic rings. The van der Waals surface area contributed by atoms with Gasteiger partial charge in [-0.05, 0) is 111 Å². The van der Waals surface area contributed by atoms with Gasteiger partial charge in [-0.1, -0.05) is 48.5 Å². The second-order valence-electron chi connectivity index (χ2n) is 8.94. The van der Waals surface area contributed by atoms with E-state index >= 15 is 0 Å². The number of hydrogen-bond acceptors (Lipinski definition) is 6. The minimum atomic E-state index is -0.129. The van der Waals surface area contributed by atoms with Crippen molar-refractivity contribution in [2.45, 2.75) is 13.2 Å². The SMILES string of the molecule is COc1ccc(CN2C(=O)/C(=C/c3cc(I)cc(I)c3OCc3ccccc3C#N)SC2=Nc2ccccc2)cc1. The molecule has 0 saturated carbocycles. The number of nitriles is 1. The van der Waals surface area contributed by atoms with Crippen molar-refractivity contribution >= 4 is 79.8 Å². The second-order valence-corrected chi connectivity index (χ2v) is 12.4. The summed E-state index contributed by atoms with van der Waals surface area (Å²) in [5.74, 6) is 1.29. The highest BCUT2D eigenvalue weighted by Crippen LogP contribution is 2.38. The first-order valence-corrected chi connectivity index (χ1v) is 15.5. The third kappa shape index (κ3) is 7.12. The van der Waals surface area contributed by atoms with Gasteiger partial charge in [0.2, 0.25) is 0 Å². The predicted molar refractivity (Wildman–Crippen MR) is 180 cm³/mol. The van der Waals surface area contributed by atoms with Gasteiger partial charge in [-0.15, -0.1) is 0 Å². The smallest absolute Gasteiger partial charge is 0.267 e. The second kappa shape index (κ2) is 13.5. The Labute approximate surface area is 270 Å². The monoisotopic (exact) mass is 783 g/mol. The highest BCUT2D eigenvalue weighted by atomic mass is 127. The van der Waals surface area contributed by atoms with Crippen molar-refractivity contribution in [2.24, 2.45) is 4.99 Å². The number of halogens is 2. The number of para-hydroxylation sites is 1. The Bertz CT molecular complexity index is 1680. The highest BCUT2D eigenvalue weighted by Gasteiger charge is 2.34. The summed E-state index contributed by atoms with van der Waals surface area (Å²) >= 11 is 5.86. The number of aliphatic imine (C=N–C) groups is 1. The lowest BCUT2D eigenvalue weighted by Crippen LogP contribution is -2.28. The largest absolute Gasteiger partial charge is 0.497 e. The topological polar surface area (TPSA) is 74.9 Å². The summed E-state index contributed by atoms with van der Waals surface area (Å²) in [5, 5.41) is 10.1. The molecule has 41 heavy (non-hydrogen) atoms. The fourth-order valence-corrected chi connectivity index (χ4v) is 7.18. The molecular weight excluding hydrogens is 760 g/mol. The molecule has 1 heterocycles. The molecule has 1 saturated heterocycles. The normalized spacial score (nSPS) is 14.9. The Kier molecular flexibility index (Phi) is 9.64. The van der Waals surface area contributed by atoms with Crippen LogP contribution < -0.4 is 9.47 Å². The van der Waals surface area contributed by atoms with Crippen LogP contribution in [0.15, 0.2) is 101 Å². The Morgan fingerprint density at radius 3 is 2.46 bits per heavy atom. The maximum atomic E-state index is 13.8. The number of thioether (sulfide) groups is 1. The molecule has 5 rings (SSSR count). The van der Waals surface area contributed by atoms with Crippen molar-refractivity contribution in [1.29, 1.82) is 5.26 Å². The van der Waals surface area contributed by atoms with Gasteiger partial charge in [-0.2, -0.15) is 5.26 Å². The van der Waals surface area contributed by atoms with Crippen molar-refractivity contribution in [1.82, 2.24) is 4.90 Å². The van der Waals surface area contributed by atoms with E-state index in [0.29, 0.717) is 27.9 Å². The van der Waals surface area contributed by atoms with E-state index in [-0.39, 0.29) is 12.5 Å². The van der Waals surface area contributed by atoms with Crippen LogP contribution in [0.1, 0.15) is 22.3 Å². The first-order chi connectivity index (χ1) is 19.9. The Morgan fingerprint density at radius 1 is 1.00 bits per heavy atom. The molecule has 4 aromatic rings. The molecule has 1 fully saturated rings. The molecule has 0 atom stereocenters. The van der Waals surface area contributed by atoms with Gasteiger partial charge >= 0.3 is 0 Å². The molecule has 1 amide bonds. The van der Waals surface area contributed by atoms with Crippen molar-refractivity contribution < 1.29 is 14.3 Å². The molecule has 204 valence electrons. The number of carbonyl (C=O) groups excluding carboxylic acids is 1. The Morgan fingerprint density at radius 2 is 1.73 bits per heavy atom. The quantitative estimate of drug-likeness (QED) is 0.133. The molecular formula is C32H23I2N3O3S. The fourth-order valence-electron chi connectivity index (χ4n) is 4.14. The minimum absolute atomic E-state index is 0.129. The van der Waals surface area contributed by atoms with Crippen LogP contribution in [0.2, 0.25) is 0 Å². The molecule has 4 aromatic carbocycles. The van der Waals surface area contributed by atoms with E-state index in [9.17, 15) is 10.1 Å². The van der Waals surface area contributed by atoms with Crippen LogP contribution in [-0.2, 0) is 17.9 Å². The number of benzene rings is 4. The first kappa shape index (κ1) is 29.2. The molecule has 0 unspecified atom stereocenters. The highest BCUT2D eigenvalue weighted by molar-refractivity contribution is 14.1. The average Bonchev–Trinajstić information content (AvgIpc) is 3.26. The molecule has 0 N–H and O–H groups in total. The lowest BCUT2D eigenvalue weighted by Gasteiger charge is -2.16. The van der Waals surface area contributed by atoms with E-state index in [1.54, 1.807) is 18.1 Å². The van der Waals surface area contributed by atoms with E-state index < -0.39 is 0 Å².